The number of carbonyl (C=O) groups is 2. The van der Waals surface area contributed by atoms with Gasteiger partial charge in [0.15, 0.2) is 0 Å². The van der Waals surface area contributed by atoms with E-state index in [9.17, 15) is 18.0 Å². The number of benzene rings is 1. The first-order valence-electron chi connectivity index (χ1n) is 9.82. The summed E-state index contributed by atoms with van der Waals surface area (Å²) in [6, 6.07) is 6.44. The molecular formula is C19H26N6O5S. The molecule has 2 heterocycles. The Morgan fingerprint density at radius 3 is 2.65 bits per heavy atom. The number of nitrogens with zero attached hydrogens (tertiary/aromatic N) is 3. The fourth-order valence-corrected chi connectivity index (χ4v) is 4.29. The van der Waals surface area contributed by atoms with E-state index in [0.717, 1.165) is 11.3 Å². The minimum Gasteiger partial charge on any atom is -0.493 e. The van der Waals surface area contributed by atoms with E-state index in [0.29, 0.717) is 30.8 Å². The second-order valence-electron chi connectivity index (χ2n) is 7.15. The minimum absolute atomic E-state index is 0.0373. The lowest BCUT2D eigenvalue weighted by atomic mass is 10.1. The van der Waals surface area contributed by atoms with Crippen molar-refractivity contribution in [1.29, 1.82) is 0 Å². The highest BCUT2D eigenvalue weighted by Crippen LogP contribution is 2.23. The van der Waals surface area contributed by atoms with Crippen molar-refractivity contribution in [3.63, 3.8) is 0 Å². The van der Waals surface area contributed by atoms with Crippen molar-refractivity contribution in [3.8, 4) is 5.75 Å². The lowest BCUT2D eigenvalue weighted by Gasteiger charge is -2.34. The van der Waals surface area contributed by atoms with E-state index in [4.69, 9.17) is 10.6 Å². The summed E-state index contributed by atoms with van der Waals surface area (Å²) >= 11 is 0. The van der Waals surface area contributed by atoms with Gasteiger partial charge in [0, 0.05) is 13.1 Å². The van der Waals surface area contributed by atoms with E-state index in [-0.39, 0.29) is 30.5 Å². The van der Waals surface area contributed by atoms with Gasteiger partial charge in [-0.05, 0) is 31.9 Å². The fraction of sp³-hybridized carbons (Fsp3) is 0.421. The molecule has 2 aromatic rings. The summed E-state index contributed by atoms with van der Waals surface area (Å²) in [7, 11) is -3.28. The quantitative estimate of drug-likeness (QED) is 0.321. The molecule has 3 rings (SSSR count). The molecule has 31 heavy (non-hydrogen) atoms. The van der Waals surface area contributed by atoms with Crippen molar-refractivity contribution in [3.05, 3.63) is 41.7 Å². The number of hydrazine groups is 1. The summed E-state index contributed by atoms with van der Waals surface area (Å²) in [5, 5.41) is 10.2. The molecule has 0 spiro atoms. The van der Waals surface area contributed by atoms with Crippen molar-refractivity contribution < 1.29 is 22.7 Å². The minimum atomic E-state index is -3.28. The van der Waals surface area contributed by atoms with Gasteiger partial charge in [-0.1, -0.05) is 12.1 Å². The van der Waals surface area contributed by atoms with Crippen LogP contribution in [0.5, 0.6) is 5.75 Å². The van der Waals surface area contributed by atoms with Gasteiger partial charge in [0.1, 0.15) is 11.4 Å². The normalized spacial score (nSPS) is 15.5. The van der Waals surface area contributed by atoms with Crippen molar-refractivity contribution in [2.75, 3.05) is 31.3 Å². The maximum Gasteiger partial charge on any atom is 0.288 e. The number of amides is 2. The number of nitrogens with one attached hydrogen (secondary N) is 2. The molecule has 0 bridgehead atoms. The third kappa shape index (κ3) is 5.21. The SMILES string of the molecule is CCOc1ccccc1C(=O)Nc1cn[nH]c1C(=O)N(N)C1CCN(S(C)(=O)=O)CC1. The van der Waals surface area contributed by atoms with Crippen LogP contribution in [0, 0.1) is 0 Å². The number of aromatic amines is 1. The second-order valence-corrected chi connectivity index (χ2v) is 9.13. The van der Waals surface area contributed by atoms with E-state index in [1.54, 1.807) is 24.3 Å². The molecule has 1 aromatic heterocycles. The highest BCUT2D eigenvalue weighted by atomic mass is 32.2. The van der Waals surface area contributed by atoms with Crippen molar-refractivity contribution in [2.45, 2.75) is 25.8 Å². The molecule has 168 valence electrons. The number of para-hydroxylation sites is 1. The number of nitrogens with two attached hydrogens (primary N) is 1. The standard InChI is InChI=1S/C19H26N6O5S/c1-3-30-16-7-5-4-6-14(16)18(26)22-15-12-21-23-17(15)19(27)25(20)13-8-10-24(11-9-13)31(2,28)29/h4-7,12-13H,3,8-11,20H2,1-2H3,(H,21,23)(H,22,26). The van der Waals surface area contributed by atoms with Crippen molar-refractivity contribution >= 4 is 27.5 Å². The Morgan fingerprint density at radius 2 is 2.00 bits per heavy atom. The third-order valence-corrected chi connectivity index (χ3v) is 6.36. The number of sulfonamides is 1. The number of hydrogen-bond donors (Lipinski definition) is 3. The fourth-order valence-electron chi connectivity index (χ4n) is 3.42. The molecule has 12 heteroatoms. The second kappa shape index (κ2) is 9.45. The number of aromatic nitrogens is 2. The van der Waals surface area contributed by atoms with Crippen LogP contribution < -0.4 is 15.9 Å². The van der Waals surface area contributed by atoms with Gasteiger partial charge in [-0.3, -0.25) is 19.7 Å². The van der Waals surface area contributed by atoms with Crippen LogP contribution in [0.25, 0.3) is 0 Å². The Balaban J connectivity index is 1.70. The molecule has 11 nitrogen and oxygen atoms in total. The number of H-pyrrole nitrogens is 1. The Labute approximate surface area is 180 Å². The maximum atomic E-state index is 12.9. The molecule has 1 fully saturated rings. The summed E-state index contributed by atoms with van der Waals surface area (Å²) in [6.07, 6.45) is 3.30. The van der Waals surface area contributed by atoms with Gasteiger partial charge in [0.2, 0.25) is 10.0 Å². The van der Waals surface area contributed by atoms with Crippen molar-refractivity contribution in [2.24, 2.45) is 5.84 Å². The van der Waals surface area contributed by atoms with E-state index >= 15 is 0 Å². The van der Waals surface area contributed by atoms with E-state index < -0.39 is 21.8 Å². The summed E-state index contributed by atoms with van der Waals surface area (Å²) in [6.45, 7) is 2.79. The molecule has 1 aliphatic rings. The molecule has 0 unspecified atom stereocenters. The third-order valence-electron chi connectivity index (χ3n) is 5.05. The lowest BCUT2D eigenvalue weighted by Crippen LogP contribution is -2.51. The van der Waals surface area contributed by atoms with Crippen LogP contribution in [-0.2, 0) is 10.0 Å². The molecule has 1 aromatic carbocycles. The molecule has 1 saturated heterocycles. The van der Waals surface area contributed by atoms with Crippen LogP contribution in [-0.4, -0.2) is 71.7 Å². The summed E-state index contributed by atoms with van der Waals surface area (Å²) in [4.78, 5) is 25.6. The highest BCUT2D eigenvalue weighted by Gasteiger charge is 2.31. The Morgan fingerprint density at radius 1 is 1.32 bits per heavy atom. The Bertz CT molecular complexity index is 1050. The van der Waals surface area contributed by atoms with E-state index in [1.165, 1.54) is 10.5 Å². The summed E-state index contributed by atoms with van der Waals surface area (Å²) in [5.41, 5.74) is 0.544. The van der Waals surface area contributed by atoms with Crippen molar-refractivity contribution in [1.82, 2.24) is 19.5 Å². The van der Waals surface area contributed by atoms with Gasteiger partial charge < -0.3 is 10.1 Å². The molecule has 0 radical (unpaired) electrons. The largest absolute Gasteiger partial charge is 0.493 e. The first-order chi connectivity index (χ1) is 14.7. The molecule has 0 saturated carbocycles. The molecule has 1 aliphatic heterocycles. The Kier molecular flexibility index (Phi) is 6.93. The predicted molar refractivity (Wildman–Crippen MR) is 114 cm³/mol. The number of ether oxygens (including phenoxy) is 1. The lowest BCUT2D eigenvalue weighted by molar-refractivity contribution is 0.0612. The maximum absolute atomic E-state index is 12.9. The number of hydrogen-bond acceptors (Lipinski definition) is 7. The van der Waals surface area contributed by atoms with Crippen LogP contribution in [0.2, 0.25) is 0 Å². The topological polar surface area (TPSA) is 151 Å². The smallest absolute Gasteiger partial charge is 0.288 e. The van der Waals surface area contributed by atoms with Crippen LogP contribution in [0.4, 0.5) is 5.69 Å². The zero-order valence-corrected chi connectivity index (χ0v) is 18.2. The molecule has 0 aliphatic carbocycles. The Hall–Kier alpha value is -2.96. The molecule has 4 N–H and O–H groups in total. The van der Waals surface area contributed by atoms with Crippen LogP contribution in [0.3, 0.4) is 0 Å². The van der Waals surface area contributed by atoms with Gasteiger partial charge in [0.05, 0.1) is 36.4 Å². The van der Waals surface area contributed by atoms with E-state index in [2.05, 4.69) is 15.5 Å². The molecule has 0 atom stereocenters. The average molecular weight is 451 g/mol. The summed E-state index contributed by atoms with van der Waals surface area (Å²) < 4.78 is 30.2. The van der Waals surface area contributed by atoms with E-state index in [1.807, 2.05) is 6.92 Å². The number of anilines is 1. The van der Waals surface area contributed by atoms with Crippen LogP contribution in [0.15, 0.2) is 30.5 Å². The monoisotopic (exact) mass is 450 g/mol. The molecular weight excluding hydrogens is 424 g/mol. The zero-order chi connectivity index (χ0) is 22.6. The van der Waals surface area contributed by atoms with Gasteiger partial charge in [-0.15, -0.1) is 0 Å². The number of carbonyl (C=O) groups excluding carboxylic acids is 2. The zero-order valence-electron chi connectivity index (χ0n) is 17.4. The van der Waals surface area contributed by atoms with Gasteiger partial charge in [-0.25, -0.2) is 18.6 Å². The molecule has 2 amide bonds. The summed E-state index contributed by atoms with van der Waals surface area (Å²) in [5.74, 6) is 5.47. The number of piperidine rings is 1. The average Bonchev–Trinajstić information content (AvgIpc) is 3.20. The van der Waals surface area contributed by atoms with Crippen LogP contribution in [0.1, 0.15) is 40.6 Å². The van der Waals surface area contributed by atoms with Gasteiger partial charge >= 0.3 is 0 Å². The first kappa shape index (κ1) is 22.7. The number of rotatable bonds is 7. The van der Waals surface area contributed by atoms with Gasteiger partial charge in [-0.2, -0.15) is 5.10 Å². The predicted octanol–water partition coefficient (Wildman–Crippen LogP) is 0.801. The van der Waals surface area contributed by atoms with Gasteiger partial charge in [0.25, 0.3) is 11.8 Å². The first-order valence-corrected chi connectivity index (χ1v) is 11.7. The van der Waals surface area contributed by atoms with Crippen LogP contribution >= 0.6 is 0 Å². The highest BCUT2D eigenvalue weighted by molar-refractivity contribution is 7.88.